The summed E-state index contributed by atoms with van der Waals surface area (Å²) in [5, 5.41) is 2.51. The molecule has 0 saturated heterocycles. The first-order chi connectivity index (χ1) is 11.5. The molecule has 1 amide bonds. The van der Waals surface area contributed by atoms with E-state index in [1.807, 2.05) is 0 Å². The molecule has 0 saturated carbocycles. The zero-order chi connectivity index (χ0) is 17.6. The van der Waals surface area contributed by atoms with Crippen molar-refractivity contribution in [2.45, 2.75) is 4.90 Å². The largest absolute Gasteiger partial charge is 0.495 e. The van der Waals surface area contributed by atoms with Crippen LogP contribution in [0.1, 0.15) is 10.4 Å². The molecule has 0 spiro atoms. The Hall–Kier alpha value is -2.98. The number of para-hydroxylation sites is 2. The lowest BCUT2D eigenvalue weighted by Crippen LogP contribution is -2.23. The molecule has 0 radical (unpaired) electrons. The molecular formula is C17H16N2O4S. The zero-order valence-electron chi connectivity index (χ0n) is 12.9. The van der Waals surface area contributed by atoms with Crippen molar-refractivity contribution in [3.8, 4) is 18.1 Å². The van der Waals surface area contributed by atoms with Crippen LogP contribution in [0.4, 0.5) is 5.69 Å². The fourth-order valence-corrected chi connectivity index (χ4v) is 3.02. The molecule has 6 nitrogen and oxygen atoms in total. The van der Waals surface area contributed by atoms with Crippen molar-refractivity contribution >= 4 is 21.6 Å². The summed E-state index contributed by atoms with van der Waals surface area (Å²) in [7, 11) is -2.34. The van der Waals surface area contributed by atoms with Crippen LogP contribution < -0.4 is 14.8 Å². The molecule has 0 aliphatic carbocycles. The topological polar surface area (TPSA) is 84.5 Å². The average molecular weight is 344 g/mol. The third-order valence-corrected chi connectivity index (χ3v) is 4.51. The van der Waals surface area contributed by atoms with Crippen LogP contribution in [0.2, 0.25) is 0 Å². The number of sulfonamides is 1. The monoisotopic (exact) mass is 344 g/mol. The van der Waals surface area contributed by atoms with Crippen LogP contribution in [0.5, 0.6) is 5.75 Å². The van der Waals surface area contributed by atoms with Crippen molar-refractivity contribution in [1.29, 1.82) is 0 Å². The van der Waals surface area contributed by atoms with Gasteiger partial charge in [0, 0.05) is 5.56 Å². The number of hydrogen-bond acceptors (Lipinski definition) is 4. The molecule has 0 aromatic heterocycles. The van der Waals surface area contributed by atoms with E-state index in [0.717, 1.165) is 0 Å². The predicted octanol–water partition coefficient (Wildman–Crippen LogP) is 1.86. The van der Waals surface area contributed by atoms with Gasteiger partial charge < -0.3 is 10.1 Å². The van der Waals surface area contributed by atoms with E-state index >= 15 is 0 Å². The Labute approximate surface area is 140 Å². The molecular weight excluding hydrogens is 328 g/mol. The minimum absolute atomic E-state index is 0.0295. The third-order valence-electron chi connectivity index (χ3n) is 3.13. The van der Waals surface area contributed by atoms with Crippen LogP contribution in [-0.4, -0.2) is 28.0 Å². The molecule has 0 heterocycles. The molecule has 2 N–H and O–H groups in total. The average Bonchev–Trinajstić information content (AvgIpc) is 2.60. The minimum atomic E-state index is -3.80. The first kappa shape index (κ1) is 17.4. The van der Waals surface area contributed by atoms with Gasteiger partial charge in [-0.2, -0.15) is 0 Å². The van der Waals surface area contributed by atoms with Gasteiger partial charge in [-0.3, -0.25) is 9.52 Å². The second-order valence-corrected chi connectivity index (χ2v) is 6.40. The van der Waals surface area contributed by atoms with Crippen molar-refractivity contribution in [1.82, 2.24) is 5.32 Å². The van der Waals surface area contributed by atoms with Crippen molar-refractivity contribution in [2.24, 2.45) is 0 Å². The van der Waals surface area contributed by atoms with Gasteiger partial charge in [-0.05, 0) is 36.4 Å². The maximum absolute atomic E-state index is 12.4. The lowest BCUT2D eigenvalue weighted by Gasteiger charge is -2.12. The van der Waals surface area contributed by atoms with E-state index < -0.39 is 10.0 Å². The van der Waals surface area contributed by atoms with Gasteiger partial charge in [0.1, 0.15) is 5.75 Å². The zero-order valence-corrected chi connectivity index (χ0v) is 13.8. The Bertz CT molecular complexity index is 868. The number of hydrogen-bond donors (Lipinski definition) is 2. The van der Waals surface area contributed by atoms with E-state index in [4.69, 9.17) is 11.2 Å². The highest BCUT2D eigenvalue weighted by Crippen LogP contribution is 2.26. The van der Waals surface area contributed by atoms with Gasteiger partial charge in [0.05, 0.1) is 24.2 Å². The normalized spacial score (nSPS) is 10.5. The first-order valence-electron chi connectivity index (χ1n) is 6.95. The Morgan fingerprint density at radius 2 is 1.83 bits per heavy atom. The van der Waals surface area contributed by atoms with Crippen molar-refractivity contribution < 1.29 is 17.9 Å². The number of carbonyl (C=O) groups excluding carboxylic acids is 1. The van der Waals surface area contributed by atoms with E-state index in [2.05, 4.69) is 16.0 Å². The van der Waals surface area contributed by atoms with E-state index in [-0.39, 0.29) is 17.3 Å². The number of nitrogens with one attached hydrogen (secondary N) is 2. The fraction of sp³-hybridized carbons (Fsp3) is 0.118. The summed E-state index contributed by atoms with van der Waals surface area (Å²) in [6, 6.07) is 12.2. The van der Waals surface area contributed by atoms with Crippen LogP contribution in [0.15, 0.2) is 53.4 Å². The van der Waals surface area contributed by atoms with E-state index in [1.165, 1.54) is 31.4 Å². The first-order valence-corrected chi connectivity index (χ1v) is 8.44. The van der Waals surface area contributed by atoms with Gasteiger partial charge >= 0.3 is 0 Å². The summed E-state index contributed by atoms with van der Waals surface area (Å²) in [6.07, 6.45) is 5.07. The van der Waals surface area contributed by atoms with Crippen molar-refractivity contribution in [3.63, 3.8) is 0 Å². The molecule has 0 aliphatic heterocycles. The molecule has 2 rings (SSSR count). The molecule has 2 aromatic carbocycles. The summed E-state index contributed by atoms with van der Waals surface area (Å²) in [5.41, 5.74) is 0.650. The summed E-state index contributed by atoms with van der Waals surface area (Å²) >= 11 is 0. The van der Waals surface area contributed by atoms with E-state index in [0.29, 0.717) is 17.0 Å². The van der Waals surface area contributed by atoms with Crippen molar-refractivity contribution in [2.75, 3.05) is 18.4 Å². The van der Waals surface area contributed by atoms with Gasteiger partial charge in [0.25, 0.3) is 15.9 Å². The Morgan fingerprint density at radius 1 is 1.17 bits per heavy atom. The molecule has 0 aliphatic rings. The Morgan fingerprint density at radius 3 is 2.46 bits per heavy atom. The van der Waals surface area contributed by atoms with Crippen LogP contribution in [0.3, 0.4) is 0 Å². The summed E-state index contributed by atoms with van der Waals surface area (Å²) < 4.78 is 32.4. The molecule has 24 heavy (non-hydrogen) atoms. The van der Waals surface area contributed by atoms with Gasteiger partial charge in [0.2, 0.25) is 0 Å². The Balaban J connectivity index is 2.21. The van der Waals surface area contributed by atoms with Gasteiger partial charge in [-0.1, -0.05) is 18.1 Å². The summed E-state index contributed by atoms with van der Waals surface area (Å²) in [6.45, 7) is 0.105. The maximum atomic E-state index is 12.4. The van der Waals surface area contributed by atoms with Crippen LogP contribution >= 0.6 is 0 Å². The Kier molecular flexibility index (Phi) is 5.45. The lowest BCUT2D eigenvalue weighted by atomic mass is 10.2. The van der Waals surface area contributed by atoms with Crippen molar-refractivity contribution in [3.05, 3.63) is 54.1 Å². The quantitative estimate of drug-likeness (QED) is 0.784. The standard InChI is InChI=1S/C17H16N2O4S/c1-3-12-18-17(20)13-8-10-14(11-9-13)24(21,22)19-15-6-4-5-7-16(15)23-2/h1,4-11,19H,12H2,2H3,(H,18,20). The minimum Gasteiger partial charge on any atom is -0.495 e. The second kappa shape index (κ2) is 7.53. The van der Waals surface area contributed by atoms with Crippen LogP contribution in [0, 0.1) is 12.3 Å². The number of anilines is 1. The number of terminal acetylenes is 1. The highest BCUT2D eigenvalue weighted by molar-refractivity contribution is 7.92. The highest BCUT2D eigenvalue weighted by atomic mass is 32.2. The number of methoxy groups -OCH3 is 1. The second-order valence-electron chi connectivity index (χ2n) is 4.72. The maximum Gasteiger partial charge on any atom is 0.262 e. The SMILES string of the molecule is C#CCNC(=O)c1ccc(S(=O)(=O)Nc2ccccc2OC)cc1. The third kappa shape index (κ3) is 4.06. The lowest BCUT2D eigenvalue weighted by molar-refractivity contribution is 0.0958. The molecule has 124 valence electrons. The predicted molar refractivity (Wildman–Crippen MR) is 91.4 cm³/mol. The number of ether oxygens (including phenoxy) is 1. The van der Waals surface area contributed by atoms with E-state index in [1.54, 1.807) is 24.3 Å². The van der Waals surface area contributed by atoms with Gasteiger partial charge in [-0.25, -0.2) is 8.42 Å². The molecule has 0 unspecified atom stereocenters. The van der Waals surface area contributed by atoms with Crippen LogP contribution in [0.25, 0.3) is 0 Å². The summed E-state index contributed by atoms with van der Waals surface area (Å²) in [5.74, 6) is 2.33. The van der Waals surface area contributed by atoms with E-state index in [9.17, 15) is 13.2 Å². The molecule has 0 fully saturated rings. The number of rotatable bonds is 6. The van der Waals surface area contributed by atoms with Gasteiger partial charge in [-0.15, -0.1) is 6.42 Å². The smallest absolute Gasteiger partial charge is 0.262 e. The summed E-state index contributed by atoms with van der Waals surface area (Å²) in [4.78, 5) is 11.8. The molecule has 2 aromatic rings. The molecule has 0 bridgehead atoms. The highest BCUT2D eigenvalue weighted by Gasteiger charge is 2.17. The number of benzene rings is 2. The number of carbonyl (C=O) groups is 1. The van der Waals surface area contributed by atoms with Crippen LogP contribution in [-0.2, 0) is 10.0 Å². The fourth-order valence-electron chi connectivity index (χ4n) is 1.95. The van der Waals surface area contributed by atoms with Gasteiger partial charge in [0.15, 0.2) is 0 Å². The number of amides is 1. The molecule has 0 atom stereocenters. The molecule has 7 heteroatoms.